The minimum absolute atomic E-state index is 0.105. The van der Waals surface area contributed by atoms with Crippen LogP contribution in [0.1, 0.15) is 12.8 Å². The second-order valence-electron chi connectivity index (χ2n) is 4.13. The Hall–Kier alpha value is -2.37. The maximum atomic E-state index is 12.0. The molecule has 1 fully saturated rings. The van der Waals surface area contributed by atoms with Crippen LogP contribution in [-0.2, 0) is 14.3 Å². The SMILES string of the molecule is COC(=O)C1CCC(=O)N(c2ccccc2)C(=O)N1. The Labute approximate surface area is 110 Å². The third-order valence-corrected chi connectivity index (χ3v) is 2.90. The molecule has 6 heteroatoms. The lowest BCUT2D eigenvalue weighted by atomic mass is 10.1. The topological polar surface area (TPSA) is 75.7 Å². The summed E-state index contributed by atoms with van der Waals surface area (Å²) in [6.07, 6.45) is 0.341. The Bertz CT molecular complexity index is 501. The molecule has 1 atom stereocenters. The number of ether oxygens (including phenoxy) is 1. The molecular formula is C13H14N2O4. The number of anilines is 1. The molecule has 1 N–H and O–H groups in total. The fourth-order valence-electron chi connectivity index (χ4n) is 1.94. The number of urea groups is 1. The van der Waals surface area contributed by atoms with E-state index in [2.05, 4.69) is 10.1 Å². The molecule has 0 saturated carbocycles. The molecule has 2 rings (SSSR count). The molecule has 100 valence electrons. The number of methoxy groups -OCH3 is 1. The molecule has 1 aliphatic heterocycles. The Kier molecular flexibility index (Phi) is 3.79. The fourth-order valence-corrected chi connectivity index (χ4v) is 1.94. The number of para-hydroxylation sites is 1. The first kappa shape index (κ1) is 13.1. The summed E-state index contributed by atoms with van der Waals surface area (Å²) in [7, 11) is 1.25. The van der Waals surface area contributed by atoms with Gasteiger partial charge in [0.15, 0.2) is 0 Å². The number of amides is 3. The van der Waals surface area contributed by atoms with E-state index in [1.807, 2.05) is 0 Å². The van der Waals surface area contributed by atoms with Gasteiger partial charge in [-0.05, 0) is 18.6 Å². The van der Waals surface area contributed by atoms with Crippen LogP contribution in [0.2, 0.25) is 0 Å². The van der Waals surface area contributed by atoms with Crippen molar-refractivity contribution >= 4 is 23.6 Å². The van der Waals surface area contributed by atoms with Crippen molar-refractivity contribution in [1.29, 1.82) is 0 Å². The van der Waals surface area contributed by atoms with E-state index in [1.54, 1.807) is 30.3 Å². The first-order valence-corrected chi connectivity index (χ1v) is 5.90. The molecule has 1 unspecified atom stereocenters. The van der Waals surface area contributed by atoms with E-state index in [1.165, 1.54) is 7.11 Å². The zero-order chi connectivity index (χ0) is 13.8. The van der Waals surface area contributed by atoms with Crippen LogP contribution in [0.15, 0.2) is 30.3 Å². The van der Waals surface area contributed by atoms with Crippen molar-refractivity contribution in [3.8, 4) is 0 Å². The Balaban J connectivity index is 2.24. The highest BCUT2D eigenvalue weighted by Crippen LogP contribution is 2.18. The smallest absolute Gasteiger partial charge is 0.329 e. The molecule has 19 heavy (non-hydrogen) atoms. The Morgan fingerprint density at radius 2 is 2.00 bits per heavy atom. The molecule has 6 nitrogen and oxygen atoms in total. The lowest BCUT2D eigenvalue weighted by Crippen LogP contribution is -2.47. The predicted molar refractivity (Wildman–Crippen MR) is 67.5 cm³/mol. The number of esters is 1. The van der Waals surface area contributed by atoms with Gasteiger partial charge in [0.2, 0.25) is 5.91 Å². The van der Waals surface area contributed by atoms with E-state index >= 15 is 0 Å². The number of nitrogens with one attached hydrogen (secondary N) is 1. The first-order valence-electron chi connectivity index (χ1n) is 5.90. The largest absolute Gasteiger partial charge is 0.467 e. The molecule has 1 aliphatic rings. The van der Waals surface area contributed by atoms with E-state index in [4.69, 9.17) is 0 Å². The van der Waals surface area contributed by atoms with E-state index < -0.39 is 18.0 Å². The number of carbonyl (C=O) groups excluding carboxylic acids is 3. The molecule has 3 amide bonds. The summed E-state index contributed by atoms with van der Waals surface area (Å²) >= 11 is 0. The van der Waals surface area contributed by atoms with E-state index in [9.17, 15) is 14.4 Å². The molecular weight excluding hydrogens is 248 g/mol. The highest BCUT2D eigenvalue weighted by molar-refractivity contribution is 6.15. The molecule has 0 aliphatic carbocycles. The fraction of sp³-hybridized carbons (Fsp3) is 0.308. The first-order chi connectivity index (χ1) is 9.13. The lowest BCUT2D eigenvalue weighted by Gasteiger charge is -2.19. The van der Waals surface area contributed by atoms with Gasteiger partial charge in [-0.2, -0.15) is 0 Å². The molecule has 0 aromatic heterocycles. The zero-order valence-corrected chi connectivity index (χ0v) is 10.5. The summed E-state index contributed by atoms with van der Waals surface area (Å²) in [6, 6.07) is 7.20. The van der Waals surface area contributed by atoms with Crippen LogP contribution >= 0.6 is 0 Å². The number of imide groups is 1. The number of rotatable bonds is 2. The van der Waals surface area contributed by atoms with Crippen LogP contribution in [0.25, 0.3) is 0 Å². The van der Waals surface area contributed by atoms with Crippen molar-refractivity contribution < 1.29 is 19.1 Å². The van der Waals surface area contributed by atoms with E-state index in [0.717, 1.165) is 4.90 Å². The van der Waals surface area contributed by atoms with Gasteiger partial charge in [0, 0.05) is 6.42 Å². The summed E-state index contributed by atoms with van der Waals surface area (Å²) in [5.74, 6) is -0.883. The molecule has 1 aromatic rings. The van der Waals surface area contributed by atoms with Gasteiger partial charge in [0.25, 0.3) is 0 Å². The number of hydrogen-bond acceptors (Lipinski definition) is 4. The second-order valence-corrected chi connectivity index (χ2v) is 4.13. The number of nitrogens with zero attached hydrogens (tertiary/aromatic N) is 1. The maximum Gasteiger partial charge on any atom is 0.329 e. The minimum Gasteiger partial charge on any atom is -0.467 e. The van der Waals surface area contributed by atoms with E-state index in [0.29, 0.717) is 5.69 Å². The Morgan fingerprint density at radius 1 is 1.32 bits per heavy atom. The van der Waals surface area contributed by atoms with Gasteiger partial charge >= 0.3 is 12.0 Å². The Morgan fingerprint density at radius 3 is 2.63 bits per heavy atom. The molecule has 0 radical (unpaired) electrons. The van der Waals surface area contributed by atoms with Crippen LogP contribution in [0.3, 0.4) is 0 Å². The van der Waals surface area contributed by atoms with Crippen molar-refractivity contribution in [3.05, 3.63) is 30.3 Å². The van der Waals surface area contributed by atoms with E-state index in [-0.39, 0.29) is 18.7 Å². The third kappa shape index (κ3) is 2.73. The highest BCUT2D eigenvalue weighted by Gasteiger charge is 2.33. The monoisotopic (exact) mass is 262 g/mol. The lowest BCUT2D eigenvalue weighted by molar-refractivity contribution is -0.142. The van der Waals surface area contributed by atoms with Gasteiger partial charge in [-0.25, -0.2) is 14.5 Å². The van der Waals surface area contributed by atoms with Crippen LogP contribution < -0.4 is 10.2 Å². The van der Waals surface area contributed by atoms with Crippen LogP contribution in [0.4, 0.5) is 10.5 Å². The van der Waals surface area contributed by atoms with Gasteiger partial charge in [-0.15, -0.1) is 0 Å². The standard InChI is InChI=1S/C13H14N2O4/c1-19-12(17)10-7-8-11(16)15(13(18)14-10)9-5-3-2-4-6-9/h2-6,10H,7-8H2,1H3,(H,14,18). The summed E-state index contributed by atoms with van der Waals surface area (Å²) < 4.78 is 4.59. The number of carbonyl (C=O) groups is 3. The molecule has 0 spiro atoms. The molecule has 1 saturated heterocycles. The average molecular weight is 262 g/mol. The summed E-state index contributed by atoms with van der Waals surface area (Å²) in [4.78, 5) is 36.5. The van der Waals surface area contributed by atoms with Crippen molar-refractivity contribution in [2.24, 2.45) is 0 Å². The zero-order valence-electron chi connectivity index (χ0n) is 10.5. The van der Waals surface area contributed by atoms with Crippen molar-refractivity contribution in [3.63, 3.8) is 0 Å². The molecule has 0 bridgehead atoms. The highest BCUT2D eigenvalue weighted by atomic mass is 16.5. The van der Waals surface area contributed by atoms with Gasteiger partial charge in [-0.3, -0.25) is 4.79 Å². The van der Waals surface area contributed by atoms with Crippen molar-refractivity contribution in [1.82, 2.24) is 5.32 Å². The number of hydrogen-bond donors (Lipinski definition) is 1. The van der Waals surface area contributed by atoms with Gasteiger partial charge in [0.1, 0.15) is 6.04 Å². The molecule has 1 heterocycles. The summed E-state index contributed by atoms with van der Waals surface area (Å²) in [6.45, 7) is 0. The normalized spacial score (nSPS) is 19.6. The minimum atomic E-state index is -0.782. The van der Waals surface area contributed by atoms with Crippen LogP contribution in [0.5, 0.6) is 0 Å². The van der Waals surface area contributed by atoms with Crippen LogP contribution in [0, 0.1) is 0 Å². The second kappa shape index (κ2) is 5.51. The van der Waals surface area contributed by atoms with Gasteiger partial charge in [-0.1, -0.05) is 18.2 Å². The average Bonchev–Trinajstić information content (AvgIpc) is 2.57. The van der Waals surface area contributed by atoms with Crippen molar-refractivity contribution in [2.45, 2.75) is 18.9 Å². The predicted octanol–water partition coefficient (Wildman–Crippen LogP) is 1.06. The van der Waals surface area contributed by atoms with Crippen molar-refractivity contribution in [2.75, 3.05) is 12.0 Å². The van der Waals surface area contributed by atoms with Gasteiger partial charge in [0.05, 0.1) is 12.8 Å². The third-order valence-electron chi connectivity index (χ3n) is 2.90. The van der Waals surface area contributed by atoms with Gasteiger partial charge < -0.3 is 10.1 Å². The number of benzene rings is 1. The van der Waals surface area contributed by atoms with Crippen LogP contribution in [-0.4, -0.2) is 31.1 Å². The molecule has 1 aromatic carbocycles. The quantitative estimate of drug-likeness (QED) is 0.809. The summed E-state index contributed by atoms with van der Waals surface area (Å²) in [5.41, 5.74) is 0.482. The maximum absolute atomic E-state index is 12.0. The summed E-state index contributed by atoms with van der Waals surface area (Å²) in [5, 5.41) is 2.50.